The van der Waals surface area contributed by atoms with Crippen molar-refractivity contribution in [1.29, 1.82) is 0 Å². The third-order valence-electron chi connectivity index (χ3n) is 5.14. The van der Waals surface area contributed by atoms with Gasteiger partial charge < -0.3 is 17.6 Å². The molecule has 0 aliphatic carbocycles. The number of hydrogen-bond donors (Lipinski definition) is 3. The van der Waals surface area contributed by atoms with Gasteiger partial charge in [-0.05, 0) is 32.4 Å². The molecule has 0 aliphatic rings. The average molecular weight is 395 g/mol. The second-order valence-electron chi connectivity index (χ2n) is 7.79. The molecule has 0 heterocycles. The first kappa shape index (κ1) is 29.6. The van der Waals surface area contributed by atoms with Crippen LogP contribution in [0.5, 0.6) is 0 Å². The summed E-state index contributed by atoms with van der Waals surface area (Å²) in [5, 5.41) is 12.1. The van der Waals surface area contributed by atoms with Crippen LogP contribution in [0.2, 0.25) is 0 Å². The quantitative estimate of drug-likeness (QED) is 0.207. The van der Waals surface area contributed by atoms with E-state index in [-0.39, 0.29) is 31.0 Å². The molecule has 0 amide bonds. The maximum absolute atomic E-state index is 10.6. The molecule has 0 spiro atoms. The summed E-state index contributed by atoms with van der Waals surface area (Å²) in [6.07, 6.45) is 22.0. The molecule has 0 fully saturated rings. The Morgan fingerprint density at radius 2 is 1.15 bits per heavy atom. The smallest absolute Gasteiger partial charge is 1.00 e. The molecule has 1 atom stereocenters. The number of unbranched alkanes of at least 4 members (excludes halogenated alkanes) is 14. The zero-order chi connectivity index (χ0) is 19.3. The Bertz CT molecular complexity index is 310. The number of nitrogens with two attached hydrogens (primary N) is 1. The summed E-state index contributed by atoms with van der Waals surface area (Å²) in [6.45, 7) is 4.34. The Labute approximate surface area is 192 Å². The van der Waals surface area contributed by atoms with E-state index < -0.39 is 12.0 Å². The number of nitrogens with one attached hydrogen (secondary N) is 1. The first-order valence-electron chi connectivity index (χ1n) is 11.4. The van der Waals surface area contributed by atoms with Crippen molar-refractivity contribution in [1.82, 2.24) is 5.32 Å². The Balaban J connectivity index is -0.00000312. The third kappa shape index (κ3) is 24.4. The summed E-state index contributed by atoms with van der Waals surface area (Å²) in [7, 11) is 0. The van der Waals surface area contributed by atoms with Crippen molar-refractivity contribution in [3.8, 4) is 0 Å². The summed E-state index contributed by atoms with van der Waals surface area (Å²) in [5.41, 5.74) is 5.47. The van der Waals surface area contributed by atoms with E-state index in [0.29, 0.717) is 6.42 Å². The molecule has 158 valence electrons. The van der Waals surface area contributed by atoms with Gasteiger partial charge in [0.15, 0.2) is 0 Å². The molecule has 0 aromatic heterocycles. The van der Waals surface area contributed by atoms with E-state index in [1.165, 1.54) is 89.9 Å². The van der Waals surface area contributed by atoms with E-state index in [1.807, 2.05) is 0 Å². The molecular formula is C22H47N2NaO2. The standard InChI is InChI=1S/C22H46N2O2.Na.H/c1-2-3-4-5-6-7-8-9-10-11-12-13-14-16-19-24-20-17-15-18-21(23)22(25)26;;/h21,24H,2-20,23H2,1H3,(H,25,26);;/q;+1;-1/t21-;;/m0../s1. The largest absolute Gasteiger partial charge is 1.00 e. The Morgan fingerprint density at radius 1 is 0.778 bits per heavy atom. The molecular weight excluding hydrogens is 347 g/mol. The van der Waals surface area contributed by atoms with E-state index in [9.17, 15) is 4.79 Å². The van der Waals surface area contributed by atoms with Gasteiger partial charge in [-0.2, -0.15) is 0 Å². The second kappa shape index (κ2) is 24.4. The fraction of sp³-hybridized carbons (Fsp3) is 0.955. The first-order valence-corrected chi connectivity index (χ1v) is 11.4. The van der Waals surface area contributed by atoms with Gasteiger partial charge in [-0.25, -0.2) is 0 Å². The molecule has 0 unspecified atom stereocenters. The van der Waals surface area contributed by atoms with Gasteiger partial charge in [0.05, 0.1) is 0 Å². The molecule has 0 radical (unpaired) electrons. The van der Waals surface area contributed by atoms with Crippen molar-refractivity contribution in [2.24, 2.45) is 5.73 Å². The van der Waals surface area contributed by atoms with Gasteiger partial charge in [0.1, 0.15) is 6.04 Å². The van der Waals surface area contributed by atoms with Crippen LogP contribution in [0, 0.1) is 0 Å². The predicted octanol–water partition coefficient (Wildman–Crippen LogP) is 2.76. The van der Waals surface area contributed by atoms with Gasteiger partial charge in [-0.15, -0.1) is 0 Å². The Kier molecular flexibility index (Phi) is 26.8. The van der Waals surface area contributed by atoms with E-state index in [4.69, 9.17) is 10.8 Å². The monoisotopic (exact) mass is 394 g/mol. The van der Waals surface area contributed by atoms with Gasteiger partial charge >= 0.3 is 35.5 Å². The number of carbonyl (C=O) groups is 1. The summed E-state index contributed by atoms with van der Waals surface area (Å²) in [5.74, 6) is -0.889. The molecule has 5 heteroatoms. The molecule has 0 bridgehead atoms. The fourth-order valence-corrected chi connectivity index (χ4v) is 3.31. The van der Waals surface area contributed by atoms with Gasteiger partial charge in [0.2, 0.25) is 0 Å². The maximum Gasteiger partial charge on any atom is 1.00 e. The molecule has 0 rings (SSSR count). The minimum absolute atomic E-state index is 0. The Morgan fingerprint density at radius 3 is 1.56 bits per heavy atom. The fourth-order valence-electron chi connectivity index (χ4n) is 3.31. The maximum atomic E-state index is 10.6. The minimum atomic E-state index is -0.889. The number of carboxylic acids is 1. The average Bonchev–Trinajstić information content (AvgIpc) is 2.63. The first-order chi connectivity index (χ1) is 12.7. The van der Waals surface area contributed by atoms with Crippen molar-refractivity contribution in [2.75, 3.05) is 13.1 Å². The summed E-state index contributed by atoms with van der Waals surface area (Å²) in [6, 6.07) is -0.694. The van der Waals surface area contributed by atoms with Gasteiger partial charge in [-0.1, -0.05) is 96.8 Å². The normalized spacial score (nSPS) is 11.9. The SMILES string of the molecule is CCCCCCCCCCCCCCCCNCCCC[C@H](N)C(=O)O.[H-].[Na+]. The van der Waals surface area contributed by atoms with E-state index >= 15 is 0 Å². The summed E-state index contributed by atoms with van der Waals surface area (Å²) < 4.78 is 0. The summed E-state index contributed by atoms with van der Waals surface area (Å²) in [4.78, 5) is 10.6. The number of hydrogen-bond acceptors (Lipinski definition) is 3. The van der Waals surface area contributed by atoms with Crippen LogP contribution in [0.15, 0.2) is 0 Å². The number of rotatable bonds is 21. The van der Waals surface area contributed by atoms with E-state index in [1.54, 1.807) is 0 Å². The molecule has 0 aliphatic heterocycles. The topological polar surface area (TPSA) is 75.3 Å². The van der Waals surface area contributed by atoms with Crippen molar-refractivity contribution in [2.45, 2.75) is 122 Å². The third-order valence-corrected chi connectivity index (χ3v) is 5.14. The van der Waals surface area contributed by atoms with Crippen LogP contribution < -0.4 is 40.6 Å². The minimum Gasteiger partial charge on any atom is -1.00 e. The van der Waals surface area contributed by atoms with Crippen molar-refractivity contribution >= 4 is 5.97 Å². The number of aliphatic carboxylic acids is 1. The van der Waals surface area contributed by atoms with Crippen molar-refractivity contribution < 1.29 is 40.9 Å². The van der Waals surface area contributed by atoms with Crippen molar-refractivity contribution in [3.05, 3.63) is 0 Å². The summed E-state index contributed by atoms with van der Waals surface area (Å²) >= 11 is 0. The van der Waals surface area contributed by atoms with Gasteiger partial charge in [-0.3, -0.25) is 4.79 Å². The Hall–Kier alpha value is 0.390. The number of carboxylic acid groups (broad SMARTS) is 1. The van der Waals surface area contributed by atoms with Crippen LogP contribution in [-0.2, 0) is 4.79 Å². The van der Waals surface area contributed by atoms with Crippen LogP contribution >= 0.6 is 0 Å². The predicted molar refractivity (Wildman–Crippen MR) is 114 cm³/mol. The van der Waals surface area contributed by atoms with Crippen LogP contribution in [0.3, 0.4) is 0 Å². The van der Waals surface area contributed by atoms with E-state index in [2.05, 4.69) is 12.2 Å². The van der Waals surface area contributed by atoms with Crippen LogP contribution in [-0.4, -0.2) is 30.2 Å². The molecule has 4 nitrogen and oxygen atoms in total. The molecule has 0 aromatic carbocycles. The zero-order valence-electron chi connectivity index (χ0n) is 19.4. The molecule has 0 saturated carbocycles. The molecule has 0 aromatic rings. The van der Waals surface area contributed by atoms with Crippen LogP contribution in [0.25, 0.3) is 0 Å². The molecule has 27 heavy (non-hydrogen) atoms. The molecule has 0 saturated heterocycles. The zero-order valence-corrected chi connectivity index (χ0v) is 20.4. The van der Waals surface area contributed by atoms with Crippen molar-refractivity contribution in [3.63, 3.8) is 0 Å². The van der Waals surface area contributed by atoms with Crippen LogP contribution in [0.1, 0.15) is 118 Å². The van der Waals surface area contributed by atoms with Gasteiger partial charge in [0, 0.05) is 0 Å². The molecule has 4 N–H and O–H groups in total. The second-order valence-corrected chi connectivity index (χ2v) is 7.79. The van der Waals surface area contributed by atoms with Gasteiger partial charge in [0.25, 0.3) is 0 Å². The van der Waals surface area contributed by atoms with E-state index in [0.717, 1.165) is 25.9 Å². The van der Waals surface area contributed by atoms with Crippen LogP contribution in [0.4, 0.5) is 0 Å².